The molecule has 0 rings (SSSR count). The Bertz CT molecular complexity index is 223. The quantitative estimate of drug-likeness (QED) is 0.579. The maximum atomic E-state index is 11.0. The summed E-state index contributed by atoms with van der Waals surface area (Å²) < 4.78 is 40.4. The van der Waals surface area contributed by atoms with Crippen LogP contribution in [0.15, 0.2) is 12.8 Å². The average Bonchev–Trinajstić information content (AvgIpc) is 2.00. The molecule has 1 N–H and O–H groups in total. The van der Waals surface area contributed by atoms with Gasteiger partial charge in [0.15, 0.2) is 6.61 Å². The highest BCUT2D eigenvalue weighted by atomic mass is 19.4. The number of carbonyl (C=O) groups excluding carboxylic acids is 1. The fourth-order valence-corrected chi connectivity index (χ4v) is 0.261. The van der Waals surface area contributed by atoms with Crippen molar-refractivity contribution in [2.75, 3.05) is 6.61 Å². The van der Waals surface area contributed by atoms with Gasteiger partial charge in [-0.1, -0.05) is 6.58 Å². The van der Waals surface area contributed by atoms with Crippen molar-refractivity contribution in [2.45, 2.75) is 13.1 Å². The van der Waals surface area contributed by atoms with E-state index in [0.29, 0.717) is 0 Å². The third-order valence-electron chi connectivity index (χ3n) is 0.609. The fourth-order valence-electron chi connectivity index (χ4n) is 0.261. The van der Waals surface area contributed by atoms with Crippen LogP contribution in [0.2, 0.25) is 0 Å². The molecule has 0 unspecified atom stereocenters. The molecule has 0 aliphatic rings. The predicted octanol–water partition coefficient (Wildman–Crippen LogP) is 1.94. The van der Waals surface area contributed by atoms with Gasteiger partial charge in [0.25, 0.3) is 0 Å². The number of hydrogen-bond donors (Lipinski definition) is 1. The van der Waals surface area contributed by atoms with Crippen molar-refractivity contribution < 1.29 is 37.3 Å². The van der Waals surface area contributed by atoms with Crippen molar-refractivity contribution in [1.29, 1.82) is 0 Å². The zero-order chi connectivity index (χ0) is 12.5. The van der Waals surface area contributed by atoms with E-state index in [1.165, 1.54) is 6.92 Å². The molecule has 5 nitrogen and oxygen atoms in total. The second-order valence-electron chi connectivity index (χ2n) is 1.95. The first-order valence-corrected chi connectivity index (χ1v) is 3.39. The first-order valence-electron chi connectivity index (χ1n) is 3.39. The number of esters is 1. The minimum atomic E-state index is -4.57. The summed E-state index contributed by atoms with van der Waals surface area (Å²) in [6, 6.07) is 0. The van der Waals surface area contributed by atoms with Gasteiger partial charge in [-0.05, 0) is 0 Å². The van der Waals surface area contributed by atoms with Crippen LogP contribution in [0.25, 0.3) is 0 Å². The van der Waals surface area contributed by atoms with E-state index in [-0.39, 0.29) is 5.97 Å². The molecule has 0 spiro atoms. The van der Waals surface area contributed by atoms with E-state index in [4.69, 9.17) is 5.11 Å². The second kappa shape index (κ2) is 7.65. The molecule has 0 aromatic rings. The number of carboxylic acid groups (broad SMARTS) is 1. The van der Waals surface area contributed by atoms with Crippen LogP contribution in [0.1, 0.15) is 6.92 Å². The maximum Gasteiger partial charge on any atom is 0.506 e. The Kier molecular flexibility index (Phi) is 8.03. The Morgan fingerprint density at radius 1 is 1.47 bits per heavy atom. The summed E-state index contributed by atoms with van der Waals surface area (Å²) in [5.74, 6) is -0.329. The van der Waals surface area contributed by atoms with Gasteiger partial charge in [-0.25, -0.2) is 4.79 Å². The lowest BCUT2D eigenvalue weighted by molar-refractivity contribution is -0.164. The Morgan fingerprint density at radius 2 is 1.93 bits per heavy atom. The molecule has 0 heterocycles. The third kappa shape index (κ3) is 24.5. The second-order valence-corrected chi connectivity index (χ2v) is 1.95. The number of rotatable bonds is 2. The molecule has 0 amide bonds. The SMILES string of the molecule is C=COC(C)=O.O=C(O)OCC(F)(F)F. The lowest BCUT2D eigenvalue weighted by atomic mass is 10.7. The van der Waals surface area contributed by atoms with E-state index < -0.39 is 18.9 Å². The summed E-state index contributed by atoms with van der Waals surface area (Å²) in [5.41, 5.74) is 0. The minimum Gasteiger partial charge on any atom is -0.450 e. The van der Waals surface area contributed by atoms with Crippen LogP contribution in [0.4, 0.5) is 18.0 Å². The van der Waals surface area contributed by atoms with Crippen molar-refractivity contribution in [1.82, 2.24) is 0 Å². The van der Waals surface area contributed by atoms with Crippen molar-refractivity contribution in [3.8, 4) is 0 Å². The van der Waals surface area contributed by atoms with E-state index >= 15 is 0 Å². The molecule has 0 aromatic carbocycles. The van der Waals surface area contributed by atoms with E-state index in [1.54, 1.807) is 0 Å². The summed E-state index contributed by atoms with van der Waals surface area (Å²) >= 11 is 0. The molecule has 8 heteroatoms. The molecule has 0 radical (unpaired) electrons. The first-order chi connectivity index (χ1) is 6.69. The number of alkyl halides is 3. The lowest BCUT2D eigenvalue weighted by Gasteiger charge is -2.02. The Labute approximate surface area is 83.1 Å². The molecule has 88 valence electrons. The van der Waals surface area contributed by atoms with Gasteiger partial charge >= 0.3 is 18.3 Å². The number of ether oxygens (including phenoxy) is 2. The van der Waals surface area contributed by atoms with E-state index in [0.717, 1.165) is 6.26 Å². The zero-order valence-electron chi connectivity index (χ0n) is 7.71. The minimum absolute atomic E-state index is 0.329. The summed E-state index contributed by atoms with van der Waals surface area (Å²) in [6.07, 6.45) is -5.40. The number of carbonyl (C=O) groups is 2. The predicted molar refractivity (Wildman–Crippen MR) is 42.0 cm³/mol. The zero-order valence-corrected chi connectivity index (χ0v) is 7.71. The molecule has 0 aliphatic carbocycles. The first kappa shape index (κ1) is 15.7. The van der Waals surface area contributed by atoms with Crippen LogP contribution < -0.4 is 0 Å². The van der Waals surface area contributed by atoms with Crippen LogP contribution in [-0.4, -0.2) is 30.0 Å². The van der Waals surface area contributed by atoms with Gasteiger partial charge in [0.05, 0.1) is 6.26 Å². The molecule has 0 aromatic heterocycles. The topological polar surface area (TPSA) is 72.8 Å². The average molecular weight is 230 g/mol. The molecule has 0 fully saturated rings. The summed E-state index contributed by atoms with van der Waals surface area (Å²) in [5, 5.41) is 7.55. The molecule has 15 heavy (non-hydrogen) atoms. The summed E-state index contributed by atoms with van der Waals surface area (Å²) in [4.78, 5) is 19.1. The Hall–Kier alpha value is -1.73. The number of hydrogen-bond acceptors (Lipinski definition) is 4. The molecule has 0 saturated carbocycles. The van der Waals surface area contributed by atoms with Gasteiger partial charge in [0, 0.05) is 6.92 Å². The highest BCUT2D eigenvalue weighted by molar-refractivity contribution is 5.66. The maximum absolute atomic E-state index is 11.0. The monoisotopic (exact) mass is 230 g/mol. The van der Waals surface area contributed by atoms with Crippen molar-refractivity contribution in [3.63, 3.8) is 0 Å². The molecule has 0 aliphatic heterocycles. The highest BCUT2D eigenvalue weighted by Gasteiger charge is 2.29. The molecule has 0 atom stereocenters. The molecule has 0 bridgehead atoms. The summed E-state index contributed by atoms with van der Waals surface area (Å²) in [6.45, 7) is 2.73. The lowest BCUT2D eigenvalue weighted by Crippen LogP contribution is -2.19. The van der Waals surface area contributed by atoms with Crippen LogP contribution in [0, 0.1) is 0 Å². The van der Waals surface area contributed by atoms with E-state index in [9.17, 15) is 22.8 Å². The standard InChI is InChI=1S/C4H6O2.C3H3F3O3/c1-3-6-4(2)5;4-3(5,6)1-9-2(7)8/h3H,1H2,2H3;1H2,(H,7,8). The Balaban J connectivity index is 0. The van der Waals surface area contributed by atoms with Crippen LogP contribution >= 0.6 is 0 Å². The largest absolute Gasteiger partial charge is 0.506 e. The van der Waals surface area contributed by atoms with Crippen molar-refractivity contribution in [2.24, 2.45) is 0 Å². The molecule has 0 saturated heterocycles. The van der Waals surface area contributed by atoms with E-state index in [2.05, 4.69) is 16.1 Å². The van der Waals surface area contributed by atoms with Gasteiger partial charge in [-0.2, -0.15) is 13.2 Å². The highest BCUT2D eigenvalue weighted by Crippen LogP contribution is 2.14. The van der Waals surface area contributed by atoms with Gasteiger partial charge < -0.3 is 14.6 Å². The van der Waals surface area contributed by atoms with Gasteiger partial charge in [-0.15, -0.1) is 0 Å². The van der Waals surface area contributed by atoms with Crippen LogP contribution in [0.3, 0.4) is 0 Å². The smallest absolute Gasteiger partial charge is 0.450 e. The molecular formula is C7H9F3O5. The van der Waals surface area contributed by atoms with Crippen LogP contribution in [0.5, 0.6) is 0 Å². The molecular weight excluding hydrogens is 221 g/mol. The van der Waals surface area contributed by atoms with Gasteiger partial charge in [0.1, 0.15) is 0 Å². The van der Waals surface area contributed by atoms with E-state index in [1.807, 2.05) is 0 Å². The van der Waals surface area contributed by atoms with Gasteiger partial charge in [0.2, 0.25) is 0 Å². The number of halogens is 3. The third-order valence-corrected chi connectivity index (χ3v) is 0.609. The van der Waals surface area contributed by atoms with Gasteiger partial charge in [-0.3, -0.25) is 4.79 Å². The van der Waals surface area contributed by atoms with Crippen LogP contribution in [-0.2, 0) is 14.3 Å². The van der Waals surface area contributed by atoms with Crippen molar-refractivity contribution in [3.05, 3.63) is 12.8 Å². The normalized spacial score (nSPS) is 9.33. The van der Waals surface area contributed by atoms with Crippen molar-refractivity contribution >= 4 is 12.1 Å². The fraction of sp³-hybridized carbons (Fsp3) is 0.429. The summed E-state index contributed by atoms with van der Waals surface area (Å²) in [7, 11) is 0. The Morgan fingerprint density at radius 3 is 2.00 bits per heavy atom.